The molecule has 5 rings (SSSR count). The lowest BCUT2D eigenvalue weighted by Crippen LogP contribution is -2.15. The van der Waals surface area contributed by atoms with Crippen molar-refractivity contribution in [1.82, 2.24) is 9.97 Å². The molecule has 2 N–H and O–H groups in total. The van der Waals surface area contributed by atoms with Crippen LogP contribution in [0.1, 0.15) is 0 Å². The molecule has 4 aromatic rings. The monoisotopic (exact) mass is 423 g/mol. The Labute approximate surface area is 175 Å². The van der Waals surface area contributed by atoms with Crippen molar-refractivity contribution in [2.75, 3.05) is 24.3 Å². The standard InChI is InChI=1S/C21H17N3O3S2/c25-20(12-28-13-5-6-18-19(9-13)27-8-7-26-18)24-21-23-17(11-29-21)15-10-22-16-4-2-1-3-14(15)16/h1-6,9-11,22H,7-8,12H2,(H,23,24,25). The van der Waals surface area contributed by atoms with E-state index in [4.69, 9.17) is 9.47 Å². The molecule has 0 spiro atoms. The zero-order chi connectivity index (χ0) is 19.6. The molecule has 0 atom stereocenters. The number of amides is 1. The summed E-state index contributed by atoms with van der Waals surface area (Å²) in [4.78, 5) is 21.1. The van der Waals surface area contributed by atoms with Crippen molar-refractivity contribution >= 4 is 45.0 Å². The quantitative estimate of drug-likeness (QED) is 0.451. The number of thiazole rings is 1. The van der Waals surface area contributed by atoms with Crippen molar-refractivity contribution in [3.63, 3.8) is 0 Å². The molecule has 8 heteroatoms. The summed E-state index contributed by atoms with van der Waals surface area (Å²) < 4.78 is 11.1. The first-order chi connectivity index (χ1) is 14.3. The Balaban J connectivity index is 1.23. The molecule has 0 aliphatic carbocycles. The number of rotatable bonds is 5. The van der Waals surface area contributed by atoms with Gasteiger partial charge >= 0.3 is 0 Å². The lowest BCUT2D eigenvalue weighted by atomic mass is 10.1. The Morgan fingerprint density at radius 3 is 2.97 bits per heavy atom. The largest absolute Gasteiger partial charge is 0.486 e. The summed E-state index contributed by atoms with van der Waals surface area (Å²) in [6.45, 7) is 1.11. The summed E-state index contributed by atoms with van der Waals surface area (Å²) in [5, 5.41) is 6.55. The van der Waals surface area contributed by atoms with Crippen LogP contribution in [0.15, 0.2) is 58.9 Å². The Kier molecular flexibility index (Phi) is 4.87. The van der Waals surface area contributed by atoms with Crippen molar-refractivity contribution in [2.45, 2.75) is 4.90 Å². The second kappa shape index (κ2) is 7.81. The second-order valence-electron chi connectivity index (χ2n) is 6.43. The minimum atomic E-state index is -0.0929. The zero-order valence-electron chi connectivity index (χ0n) is 15.3. The number of carbonyl (C=O) groups is 1. The highest BCUT2D eigenvalue weighted by molar-refractivity contribution is 8.00. The second-order valence-corrected chi connectivity index (χ2v) is 8.34. The Morgan fingerprint density at radius 1 is 1.17 bits per heavy atom. The van der Waals surface area contributed by atoms with Gasteiger partial charge in [-0.1, -0.05) is 18.2 Å². The predicted molar refractivity (Wildman–Crippen MR) is 116 cm³/mol. The number of hydrogen-bond acceptors (Lipinski definition) is 6. The van der Waals surface area contributed by atoms with Gasteiger partial charge < -0.3 is 19.8 Å². The van der Waals surface area contributed by atoms with Gasteiger partial charge in [0.05, 0.1) is 11.4 Å². The van der Waals surface area contributed by atoms with Crippen molar-refractivity contribution in [1.29, 1.82) is 0 Å². The fourth-order valence-electron chi connectivity index (χ4n) is 3.16. The number of aromatic nitrogens is 2. The summed E-state index contributed by atoms with van der Waals surface area (Å²) >= 11 is 2.87. The van der Waals surface area contributed by atoms with E-state index in [1.165, 1.54) is 23.1 Å². The lowest BCUT2D eigenvalue weighted by Gasteiger charge is -2.18. The van der Waals surface area contributed by atoms with E-state index >= 15 is 0 Å². The number of carbonyl (C=O) groups excluding carboxylic acids is 1. The van der Waals surface area contributed by atoms with Crippen LogP contribution in [0.25, 0.3) is 22.2 Å². The number of aromatic amines is 1. The molecule has 1 aliphatic rings. The maximum absolute atomic E-state index is 12.4. The summed E-state index contributed by atoms with van der Waals surface area (Å²) in [6, 6.07) is 13.8. The fourth-order valence-corrected chi connectivity index (χ4v) is 4.61. The molecular weight excluding hydrogens is 406 g/mol. The third-order valence-electron chi connectivity index (χ3n) is 4.50. The Morgan fingerprint density at radius 2 is 2.03 bits per heavy atom. The minimum Gasteiger partial charge on any atom is -0.486 e. The van der Waals surface area contributed by atoms with Crippen molar-refractivity contribution < 1.29 is 14.3 Å². The summed E-state index contributed by atoms with van der Waals surface area (Å²) in [5.41, 5.74) is 2.95. The van der Waals surface area contributed by atoms with Crippen LogP contribution in [0, 0.1) is 0 Å². The van der Waals surface area contributed by atoms with Gasteiger partial charge in [-0.3, -0.25) is 4.79 Å². The molecule has 2 aromatic carbocycles. The molecule has 0 radical (unpaired) electrons. The first-order valence-electron chi connectivity index (χ1n) is 9.10. The molecule has 1 amide bonds. The highest BCUT2D eigenvalue weighted by Gasteiger charge is 2.14. The molecule has 0 saturated carbocycles. The molecule has 6 nitrogen and oxygen atoms in total. The summed E-state index contributed by atoms with van der Waals surface area (Å²) in [6.07, 6.45) is 1.95. The number of nitrogens with zero attached hydrogens (tertiary/aromatic N) is 1. The molecule has 0 saturated heterocycles. The van der Waals surface area contributed by atoms with E-state index in [-0.39, 0.29) is 5.91 Å². The van der Waals surface area contributed by atoms with Gasteiger partial charge in [-0.15, -0.1) is 23.1 Å². The molecule has 0 fully saturated rings. The molecule has 1 aliphatic heterocycles. The first kappa shape index (κ1) is 18.1. The summed E-state index contributed by atoms with van der Waals surface area (Å²) in [5.74, 6) is 1.68. The summed E-state index contributed by atoms with van der Waals surface area (Å²) in [7, 11) is 0. The Bertz CT molecular complexity index is 1180. The average Bonchev–Trinajstić information content (AvgIpc) is 3.39. The topological polar surface area (TPSA) is 76.2 Å². The molecular formula is C21H17N3O3S2. The van der Waals surface area contributed by atoms with Crippen molar-refractivity contribution in [2.24, 2.45) is 0 Å². The van der Waals surface area contributed by atoms with Crippen LogP contribution in [-0.2, 0) is 4.79 Å². The van der Waals surface area contributed by atoms with Crippen LogP contribution in [0.2, 0.25) is 0 Å². The van der Waals surface area contributed by atoms with Crippen LogP contribution >= 0.6 is 23.1 Å². The number of hydrogen-bond donors (Lipinski definition) is 2. The zero-order valence-corrected chi connectivity index (χ0v) is 16.9. The number of benzene rings is 2. The number of nitrogens with one attached hydrogen (secondary N) is 2. The SMILES string of the molecule is O=C(CSc1ccc2c(c1)OCCO2)Nc1nc(-c2c[nH]c3ccccc23)cs1. The van der Waals surface area contributed by atoms with Gasteiger partial charge in [0.15, 0.2) is 16.6 Å². The van der Waals surface area contributed by atoms with Crippen LogP contribution in [0.3, 0.4) is 0 Å². The molecule has 3 heterocycles. The van der Waals surface area contributed by atoms with Crippen LogP contribution in [0.5, 0.6) is 11.5 Å². The van der Waals surface area contributed by atoms with Gasteiger partial charge in [0.25, 0.3) is 0 Å². The van der Waals surface area contributed by atoms with Gasteiger partial charge in [-0.05, 0) is 24.3 Å². The molecule has 2 aromatic heterocycles. The molecule has 0 bridgehead atoms. The van der Waals surface area contributed by atoms with E-state index in [0.717, 1.165) is 38.6 Å². The average molecular weight is 424 g/mol. The number of H-pyrrole nitrogens is 1. The normalized spacial score (nSPS) is 12.8. The number of anilines is 1. The van der Waals surface area contributed by atoms with Crippen LogP contribution in [0.4, 0.5) is 5.13 Å². The van der Waals surface area contributed by atoms with E-state index < -0.39 is 0 Å². The number of para-hydroxylation sites is 1. The van der Waals surface area contributed by atoms with E-state index in [1.54, 1.807) is 0 Å². The maximum Gasteiger partial charge on any atom is 0.236 e. The van der Waals surface area contributed by atoms with Crippen LogP contribution in [-0.4, -0.2) is 34.8 Å². The van der Waals surface area contributed by atoms with E-state index in [0.29, 0.717) is 24.1 Å². The fraction of sp³-hybridized carbons (Fsp3) is 0.143. The highest BCUT2D eigenvalue weighted by atomic mass is 32.2. The van der Waals surface area contributed by atoms with Gasteiger partial charge in [-0.25, -0.2) is 4.98 Å². The van der Waals surface area contributed by atoms with Gasteiger partial charge in [0.1, 0.15) is 13.2 Å². The van der Waals surface area contributed by atoms with Crippen LogP contribution < -0.4 is 14.8 Å². The van der Waals surface area contributed by atoms with Gasteiger partial charge in [0, 0.05) is 32.9 Å². The van der Waals surface area contributed by atoms with E-state index in [1.807, 2.05) is 48.0 Å². The number of fused-ring (bicyclic) bond motifs is 2. The maximum atomic E-state index is 12.4. The number of thioether (sulfide) groups is 1. The smallest absolute Gasteiger partial charge is 0.236 e. The van der Waals surface area contributed by atoms with E-state index in [9.17, 15) is 4.79 Å². The minimum absolute atomic E-state index is 0.0929. The van der Waals surface area contributed by atoms with Gasteiger partial charge in [0.2, 0.25) is 5.91 Å². The first-order valence-corrected chi connectivity index (χ1v) is 11.0. The van der Waals surface area contributed by atoms with Crippen molar-refractivity contribution in [3.05, 3.63) is 54.0 Å². The third-order valence-corrected chi connectivity index (χ3v) is 6.25. The Hall–Kier alpha value is -2.97. The highest BCUT2D eigenvalue weighted by Crippen LogP contribution is 2.34. The lowest BCUT2D eigenvalue weighted by molar-refractivity contribution is -0.113. The molecule has 29 heavy (non-hydrogen) atoms. The third kappa shape index (κ3) is 3.81. The van der Waals surface area contributed by atoms with Gasteiger partial charge in [-0.2, -0.15) is 0 Å². The molecule has 146 valence electrons. The van der Waals surface area contributed by atoms with E-state index in [2.05, 4.69) is 21.4 Å². The van der Waals surface area contributed by atoms with Crippen molar-refractivity contribution in [3.8, 4) is 22.8 Å². The molecule has 0 unspecified atom stereocenters. The number of ether oxygens (including phenoxy) is 2. The predicted octanol–water partition coefficient (Wildman–Crippen LogP) is 4.79.